The van der Waals surface area contributed by atoms with Crippen LogP contribution in [0, 0.1) is 30.1 Å². The number of nitrogens with one attached hydrogen (secondary N) is 3. The van der Waals surface area contributed by atoms with E-state index in [0.29, 0.717) is 24.3 Å². The normalized spacial score (nSPS) is 21.2. The van der Waals surface area contributed by atoms with Crippen molar-refractivity contribution in [1.82, 2.24) is 25.5 Å². The molecule has 1 aliphatic rings. The maximum atomic E-state index is 8.88. The number of piperidine rings is 1. The summed E-state index contributed by atoms with van der Waals surface area (Å²) >= 11 is 0. The zero-order chi connectivity index (χ0) is 21.8. The molecule has 0 amide bonds. The number of nitrogens with zero attached hydrogens (tertiary/aromatic N) is 5. The monoisotopic (exact) mass is 418 g/mol. The van der Waals surface area contributed by atoms with E-state index in [0.717, 1.165) is 60.1 Å². The zero-order valence-electron chi connectivity index (χ0n) is 18.4. The molecule has 1 saturated heterocycles. The van der Waals surface area contributed by atoms with Gasteiger partial charge in [-0.2, -0.15) is 10.4 Å². The molecule has 1 fully saturated rings. The number of aromatic nitrogens is 4. The quantitative estimate of drug-likeness (QED) is 0.502. The molecule has 0 radical (unpaired) electrons. The highest BCUT2D eigenvalue weighted by molar-refractivity contribution is 5.92. The molecule has 0 aromatic carbocycles. The third-order valence-electron chi connectivity index (χ3n) is 6.07. The number of nitriles is 1. The largest absolute Gasteiger partial charge is 0.355 e. The van der Waals surface area contributed by atoms with Gasteiger partial charge < -0.3 is 15.5 Å². The third kappa shape index (κ3) is 4.62. The number of rotatable bonds is 7. The van der Waals surface area contributed by atoms with Gasteiger partial charge >= 0.3 is 0 Å². The minimum Gasteiger partial charge on any atom is -0.355 e. The molecule has 0 bridgehead atoms. The van der Waals surface area contributed by atoms with Crippen molar-refractivity contribution in [3.8, 4) is 6.07 Å². The van der Waals surface area contributed by atoms with Crippen LogP contribution in [0.1, 0.15) is 32.4 Å². The van der Waals surface area contributed by atoms with Crippen molar-refractivity contribution in [2.45, 2.75) is 39.7 Å². The maximum Gasteiger partial charge on any atom is 0.153 e. The van der Waals surface area contributed by atoms with Gasteiger partial charge in [0, 0.05) is 61.5 Å². The summed E-state index contributed by atoms with van der Waals surface area (Å²) in [4.78, 5) is 12.0. The molecule has 8 nitrogen and oxygen atoms in total. The first-order valence-corrected chi connectivity index (χ1v) is 11.0. The highest BCUT2D eigenvalue weighted by atomic mass is 15.2. The van der Waals surface area contributed by atoms with Crippen molar-refractivity contribution >= 4 is 28.4 Å². The first-order chi connectivity index (χ1) is 15.1. The molecule has 31 heavy (non-hydrogen) atoms. The van der Waals surface area contributed by atoms with Crippen molar-refractivity contribution in [3.63, 3.8) is 0 Å². The molecule has 8 heteroatoms. The molecule has 0 saturated carbocycles. The minimum atomic E-state index is 0.410. The van der Waals surface area contributed by atoms with E-state index in [1.165, 1.54) is 0 Å². The number of hydrogen-bond acceptors (Lipinski definition) is 7. The van der Waals surface area contributed by atoms with Gasteiger partial charge in [-0.15, -0.1) is 0 Å². The summed E-state index contributed by atoms with van der Waals surface area (Å²) in [6.45, 7) is 9.07. The number of aromatic amines is 1. The molecule has 3 aromatic rings. The molecule has 4 heterocycles. The molecule has 3 aromatic heterocycles. The van der Waals surface area contributed by atoms with Crippen LogP contribution in [0.5, 0.6) is 0 Å². The SMILES string of the molecule is CCC1CN(c2nc(Nc3cc(C)[nH]n3)cc3ncccc23)CC(C)C1NCCC#N. The van der Waals surface area contributed by atoms with Crippen LogP contribution in [0.2, 0.25) is 0 Å². The van der Waals surface area contributed by atoms with E-state index in [9.17, 15) is 0 Å². The van der Waals surface area contributed by atoms with Crippen LogP contribution in [0.25, 0.3) is 10.9 Å². The molecule has 3 atom stereocenters. The summed E-state index contributed by atoms with van der Waals surface area (Å²) in [6.07, 6.45) is 3.44. The highest BCUT2D eigenvalue weighted by Crippen LogP contribution is 2.33. The van der Waals surface area contributed by atoms with E-state index in [1.54, 1.807) is 0 Å². The number of anilines is 3. The summed E-state index contributed by atoms with van der Waals surface area (Å²) in [7, 11) is 0. The topological polar surface area (TPSA) is 106 Å². The van der Waals surface area contributed by atoms with Gasteiger partial charge in [-0.05, 0) is 30.9 Å². The summed E-state index contributed by atoms with van der Waals surface area (Å²) in [5.74, 6) is 3.37. The summed E-state index contributed by atoms with van der Waals surface area (Å²) in [6, 6.07) is 10.6. The van der Waals surface area contributed by atoms with Crippen molar-refractivity contribution in [1.29, 1.82) is 5.26 Å². The Bertz CT molecular complexity index is 1070. The van der Waals surface area contributed by atoms with E-state index < -0.39 is 0 Å². The fourth-order valence-corrected chi connectivity index (χ4v) is 4.59. The summed E-state index contributed by atoms with van der Waals surface area (Å²) in [5, 5.41) is 24.1. The predicted molar refractivity (Wildman–Crippen MR) is 123 cm³/mol. The van der Waals surface area contributed by atoms with Gasteiger partial charge in [-0.25, -0.2) is 4.98 Å². The number of fused-ring (bicyclic) bond motifs is 1. The van der Waals surface area contributed by atoms with Gasteiger partial charge in [0.1, 0.15) is 11.6 Å². The Morgan fingerprint density at radius 1 is 1.29 bits per heavy atom. The molecule has 3 N–H and O–H groups in total. The van der Waals surface area contributed by atoms with Crippen LogP contribution in [-0.4, -0.2) is 45.8 Å². The van der Waals surface area contributed by atoms with Crippen LogP contribution in [0.3, 0.4) is 0 Å². The van der Waals surface area contributed by atoms with Gasteiger partial charge in [0.15, 0.2) is 5.82 Å². The fourth-order valence-electron chi connectivity index (χ4n) is 4.59. The summed E-state index contributed by atoms with van der Waals surface area (Å²) < 4.78 is 0. The third-order valence-corrected chi connectivity index (χ3v) is 6.07. The smallest absolute Gasteiger partial charge is 0.153 e. The Labute approximate surface area is 183 Å². The predicted octanol–water partition coefficient (Wildman–Crippen LogP) is 3.76. The van der Waals surface area contributed by atoms with Crippen LogP contribution in [0.4, 0.5) is 17.5 Å². The lowest BCUT2D eigenvalue weighted by Crippen LogP contribution is -2.54. The number of hydrogen-bond donors (Lipinski definition) is 3. The first kappa shape index (κ1) is 21.1. The van der Waals surface area contributed by atoms with Crippen molar-refractivity contribution in [3.05, 3.63) is 36.2 Å². The average molecular weight is 419 g/mol. The highest BCUT2D eigenvalue weighted by Gasteiger charge is 2.34. The van der Waals surface area contributed by atoms with Gasteiger partial charge in [-0.1, -0.05) is 20.3 Å². The Morgan fingerprint density at radius 2 is 2.16 bits per heavy atom. The molecular formula is C23H30N8. The van der Waals surface area contributed by atoms with Crippen molar-refractivity contribution in [2.75, 3.05) is 29.9 Å². The maximum absolute atomic E-state index is 8.88. The average Bonchev–Trinajstić information content (AvgIpc) is 3.18. The summed E-state index contributed by atoms with van der Waals surface area (Å²) in [5.41, 5.74) is 1.91. The second kappa shape index (κ2) is 9.31. The lowest BCUT2D eigenvalue weighted by Gasteiger charge is -2.43. The van der Waals surface area contributed by atoms with Crippen LogP contribution < -0.4 is 15.5 Å². The fraction of sp³-hybridized carbons (Fsp3) is 0.478. The molecule has 4 rings (SSSR count). The van der Waals surface area contributed by atoms with Gasteiger partial charge in [0.2, 0.25) is 0 Å². The minimum absolute atomic E-state index is 0.410. The van der Waals surface area contributed by atoms with E-state index >= 15 is 0 Å². The molecular weight excluding hydrogens is 388 g/mol. The van der Waals surface area contributed by atoms with Crippen LogP contribution in [0.15, 0.2) is 30.5 Å². The second-order valence-electron chi connectivity index (χ2n) is 8.40. The molecule has 1 aliphatic heterocycles. The Morgan fingerprint density at radius 3 is 2.90 bits per heavy atom. The molecule has 0 spiro atoms. The number of H-pyrrole nitrogens is 1. The second-order valence-corrected chi connectivity index (χ2v) is 8.40. The zero-order valence-corrected chi connectivity index (χ0v) is 18.4. The standard InChI is InChI=1S/C23H30N8/c1-4-17-14-31(13-15(2)22(17)26-10-6-8-24)23-18-7-5-9-25-19(18)12-20(28-23)27-21-11-16(3)29-30-21/h5,7,9,11-12,15,17,22,26H,4,6,10,13-14H2,1-3H3,(H2,27,28,29,30). The van der Waals surface area contributed by atoms with E-state index in [4.69, 9.17) is 10.2 Å². The van der Waals surface area contributed by atoms with E-state index in [-0.39, 0.29) is 0 Å². The van der Waals surface area contributed by atoms with Gasteiger partial charge in [0.05, 0.1) is 11.6 Å². The van der Waals surface area contributed by atoms with Crippen LogP contribution in [-0.2, 0) is 0 Å². The molecule has 0 aliphatic carbocycles. The first-order valence-electron chi connectivity index (χ1n) is 11.0. The molecule has 3 unspecified atom stereocenters. The van der Waals surface area contributed by atoms with Gasteiger partial charge in [0.25, 0.3) is 0 Å². The van der Waals surface area contributed by atoms with Gasteiger partial charge in [-0.3, -0.25) is 10.1 Å². The Kier molecular flexibility index (Phi) is 6.33. The van der Waals surface area contributed by atoms with E-state index in [1.807, 2.05) is 31.3 Å². The van der Waals surface area contributed by atoms with Crippen LogP contribution >= 0.6 is 0 Å². The number of pyridine rings is 2. The van der Waals surface area contributed by atoms with E-state index in [2.05, 4.69) is 56.7 Å². The molecule has 162 valence electrons. The Hall–Kier alpha value is -3.18. The van der Waals surface area contributed by atoms with Crippen molar-refractivity contribution < 1.29 is 0 Å². The lowest BCUT2D eigenvalue weighted by molar-refractivity contribution is 0.230. The van der Waals surface area contributed by atoms with Crippen molar-refractivity contribution in [2.24, 2.45) is 11.8 Å². The Balaban J connectivity index is 1.64. The number of aryl methyl sites for hydroxylation is 1. The lowest BCUT2D eigenvalue weighted by atomic mass is 9.83.